The number of fused-ring (bicyclic) bond motifs is 1. The molecule has 1 aliphatic carbocycles. The second kappa shape index (κ2) is 6.30. The van der Waals surface area contributed by atoms with Crippen molar-refractivity contribution in [3.8, 4) is 0 Å². The molecule has 0 aromatic carbocycles. The van der Waals surface area contributed by atoms with E-state index in [1.54, 1.807) is 11.3 Å². The van der Waals surface area contributed by atoms with Crippen LogP contribution in [-0.4, -0.2) is 16.5 Å². The topological polar surface area (TPSA) is 50.9 Å². The lowest BCUT2D eigenvalue weighted by Crippen LogP contribution is -2.17. The molecule has 6 heteroatoms. The first-order valence-corrected chi connectivity index (χ1v) is 8.54. The first kappa shape index (κ1) is 14.8. The maximum absolute atomic E-state index is 5.94. The molecule has 3 N–H and O–H groups in total. The highest BCUT2D eigenvalue weighted by molar-refractivity contribution is 7.80. The number of rotatable bonds is 5. The highest BCUT2D eigenvalue weighted by Gasteiger charge is 2.17. The van der Waals surface area contributed by atoms with Crippen molar-refractivity contribution in [2.75, 3.05) is 11.9 Å². The first-order chi connectivity index (χ1) is 10.1. The molecule has 3 nitrogen and oxygen atoms in total. The molecular weight excluding hydrogens is 322 g/mol. The third-order valence-electron chi connectivity index (χ3n) is 3.61. The molecule has 0 fully saturated rings. The Morgan fingerprint density at radius 3 is 3.00 bits per heavy atom. The van der Waals surface area contributed by atoms with Crippen LogP contribution in [0.3, 0.4) is 0 Å². The normalized spacial score (nSPS) is 13.2. The van der Waals surface area contributed by atoms with Gasteiger partial charge in [-0.15, -0.1) is 11.3 Å². The Morgan fingerprint density at radius 1 is 1.43 bits per heavy atom. The van der Waals surface area contributed by atoms with Crippen molar-refractivity contribution in [2.24, 2.45) is 5.73 Å². The third-order valence-corrected chi connectivity index (χ3v) is 5.12. The van der Waals surface area contributed by atoms with Crippen LogP contribution in [-0.2, 0) is 19.3 Å². The highest BCUT2D eigenvalue weighted by Crippen LogP contribution is 2.26. The number of anilines is 1. The van der Waals surface area contributed by atoms with Gasteiger partial charge in [0.15, 0.2) is 0 Å². The van der Waals surface area contributed by atoms with Crippen LogP contribution in [0.25, 0.3) is 0 Å². The molecule has 1 aliphatic rings. The van der Waals surface area contributed by atoms with Gasteiger partial charge >= 0.3 is 0 Å². The average Bonchev–Trinajstić information content (AvgIpc) is 3.06. The SMILES string of the molecule is NC(=S)c1cc2c(nc1NCCc1ccc(Cl)s1)CCC2. The Balaban J connectivity index is 1.73. The fourth-order valence-electron chi connectivity index (χ4n) is 2.58. The molecule has 0 saturated heterocycles. The van der Waals surface area contributed by atoms with Crippen LogP contribution in [0.5, 0.6) is 0 Å². The van der Waals surface area contributed by atoms with Crippen molar-refractivity contribution in [3.63, 3.8) is 0 Å². The van der Waals surface area contributed by atoms with Crippen molar-refractivity contribution in [1.29, 1.82) is 0 Å². The summed E-state index contributed by atoms with van der Waals surface area (Å²) in [6.45, 7) is 0.790. The van der Waals surface area contributed by atoms with Crippen LogP contribution < -0.4 is 11.1 Å². The summed E-state index contributed by atoms with van der Waals surface area (Å²) >= 11 is 12.7. The minimum absolute atomic E-state index is 0.402. The summed E-state index contributed by atoms with van der Waals surface area (Å²) in [5.41, 5.74) is 9.15. The Labute approximate surface area is 138 Å². The van der Waals surface area contributed by atoms with Gasteiger partial charge in [-0.05, 0) is 49.4 Å². The van der Waals surface area contributed by atoms with E-state index in [9.17, 15) is 0 Å². The van der Waals surface area contributed by atoms with Gasteiger partial charge in [0.2, 0.25) is 0 Å². The zero-order valence-electron chi connectivity index (χ0n) is 11.5. The van der Waals surface area contributed by atoms with Crippen LogP contribution >= 0.6 is 35.2 Å². The monoisotopic (exact) mass is 337 g/mol. The summed E-state index contributed by atoms with van der Waals surface area (Å²) in [6, 6.07) is 6.08. The van der Waals surface area contributed by atoms with Gasteiger partial charge in [0.25, 0.3) is 0 Å². The molecule has 110 valence electrons. The van der Waals surface area contributed by atoms with Gasteiger partial charge in [0.05, 0.1) is 9.90 Å². The molecule has 0 bridgehead atoms. The molecule has 0 unspecified atom stereocenters. The minimum Gasteiger partial charge on any atom is -0.389 e. The number of aromatic nitrogens is 1. The van der Waals surface area contributed by atoms with Gasteiger partial charge in [0.1, 0.15) is 10.8 Å². The fraction of sp³-hybridized carbons (Fsp3) is 0.333. The maximum Gasteiger partial charge on any atom is 0.136 e. The standard InChI is InChI=1S/C15H16ClN3S2/c16-13-5-4-10(21-13)6-7-18-15-11(14(17)20)8-9-2-1-3-12(9)19-15/h4-5,8H,1-3,6-7H2,(H2,17,20)(H,18,19). The summed E-state index contributed by atoms with van der Waals surface area (Å²) in [7, 11) is 0. The van der Waals surface area contributed by atoms with Crippen molar-refractivity contribution in [3.05, 3.63) is 44.2 Å². The summed E-state index contributed by atoms with van der Waals surface area (Å²) in [4.78, 5) is 6.37. The molecule has 0 spiro atoms. The largest absolute Gasteiger partial charge is 0.389 e. The van der Waals surface area contributed by atoms with Crippen LogP contribution in [0.1, 0.15) is 28.1 Å². The molecule has 0 amide bonds. The van der Waals surface area contributed by atoms with Gasteiger partial charge in [-0.1, -0.05) is 23.8 Å². The number of nitrogens with one attached hydrogen (secondary N) is 1. The van der Waals surface area contributed by atoms with E-state index in [4.69, 9.17) is 34.5 Å². The van der Waals surface area contributed by atoms with E-state index in [2.05, 4.69) is 17.4 Å². The van der Waals surface area contributed by atoms with E-state index in [0.717, 1.165) is 47.9 Å². The van der Waals surface area contributed by atoms with Crippen molar-refractivity contribution < 1.29 is 0 Å². The van der Waals surface area contributed by atoms with E-state index in [1.165, 1.54) is 16.1 Å². The predicted octanol–water partition coefficient (Wildman–Crippen LogP) is 3.57. The molecular formula is C15H16ClN3S2. The maximum atomic E-state index is 5.94. The lowest BCUT2D eigenvalue weighted by Gasteiger charge is -2.12. The second-order valence-electron chi connectivity index (χ2n) is 5.09. The Hall–Kier alpha value is -1.17. The van der Waals surface area contributed by atoms with Gasteiger partial charge in [-0.25, -0.2) is 4.98 Å². The summed E-state index contributed by atoms with van der Waals surface area (Å²) < 4.78 is 0.824. The molecule has 0 atom stereocenters. The quantitative estimate of drug-likeness (QED) is 0.819. The number of hydrogen-bond acceptors (Lipinski definition) is 4. The molecule has 21 heavy (non-hydrogen) atoms. The molecule has 2 aromatic rings. The van der Waals surface area contributed by atoms with Crippen LogP contribution in [0.4, 0.5) is 5.82 Å². The lowest BCUT2D eigenvalue weighted by atomic mass is 10.1. The van der Waals surface area contributed by atoms with Crippen molar-refractivity contribution in [1.82, 2.24) is 4.98 Å². The molecule has 0 saturated carbocycles. The Bertz CT molecular complexity index is 682. The molecule has 0 radical (unpaired) electrons. The van der Waals surface area contributed by atoms with Crippen LogP contribution in [0.15, 0.2) is 18.2 Å². The smallest absolute Gasteiger partial charge is 0.136 e. The highest BCUT2D eigenvalue weighted by atomic mass is 35.5. The minimum atomic E-state index is 0.402. The average molecular weight is 338 g/mol. The summed E-state index contributed by atoms with van der Waals surface area (Å²) in [5.74, 6) is 0.811. The van der Waals surface area contributed by atoms with Crippen LogP contribution in [0.2, 0.25) is 4.34 Å². The number of pyridine rings is 1. The summed E-state index contributed by atoms with van der Waals surface area (Å²) in [5, 5.41) is 3.37. The molecule has 0 aliphatic heterocycles. The molecule has 2 aromatic heterocycles. The third kappa shape index (κ3) is 3.36. The number of halogens is 1. The first-order valence-electron chi connectivity index (χ1n) is 6.94. The number of nitrogens with two attached hydrogens (primary N) is 1. The number of nitrogens with zero attached hydrogens (tertiary/aromatic N) is 1. The number of thiocarbonyl (C=S) groups is 1. The summed E-state index contributed by atoms with van der Waals surface area (Å²) in [6.07, 6.45) is 4.19. The van der Waals surface area contributed by atoms with Crippen LogP contribution in [0, 0.1) is 0 Å². The number of thiophene rings is 1. The van der Waals surface area contributed by atoms with Crippen molar-refractivity contribution >= 4 is 46.0 Å². The van der Waals surface area contributed by atoms with E-state index >= 15 is 0 Å². The van der Waals surface area contributed by atoms with E-state index < -0.39 is 0 Å². The van der Waals surface area contributed by atoms with E-state index in [1.807, 2.05) is 6.07 Å². The van der Waals surface area contributed by atoms with E-state index in [-0.39, 0.29) is 0 Å². The Morgan fingerprint density at radius 2 is 2.29 bits per heavy atom. The second-order valence-corrected chi connectivity index (χ2v) is 7.33. The zero-order valence-corrected chi connectivity index (χ0v) is 13.9. The van der Waals surface area contributed by atoms with Gasteiger partial charge in [-0.3, -0.25) is 0 Å². The number of hydrogen-bond donors (Lipinski definition) is 2. The zero-order chi connectivity index (χ0) is 14.8. The number of aryl methyl sites for hydroxylation is 2. The molecule has 3 rings (SSSR count). The van der Waals surface area contributed by atoms with Gasteiger partial charge in [0, 0.05) is 17.1 Å². The molecule has 2 heterocycles. The fourth-order valence-corrected chi connectivity index (χ4v) is 3.83. The van der Waals surface area contributed by atoms with Crippen molar-refractivity contribution in [2.45, 2.75) is 25.7 Å². The lowest BCUT2D eigenvalue weighted by molar-refractivity contribution is 0.898. The van der Waals surface area contributed by atoms with Gasteiger partial charge < -0.3 is 11.1 Å². The predicted molar refractivity (Wildman–Crippen MR) is 93.7 cm³/mol. The van der Waals surface area contributed by atoms with Gasteiger partial charge in [-0.2, -0.15) is 0 Å². The van der Waals surface area contributed by atoms with E-state index in [0.29, 0.717) is 4.99 Å². The Kier molecular flexibility index (Phi) is 4.42.